The van der Waals surface area contributed by atoms with Crippen molar-refractivity contribution in [2.75, 3.05) is 5.75 Å². The number of carbonyl (C=O) groups excluding carboxylic acids is 1. The number of rotatable bonds is 6. The molecule has 0 saturated carbocycles. The van der Waals surface area contributed by atoms with Gasteiger partial charge in [-0.25, -0.2) is 4.98 Å². The molecule has 5 nitrogen and oxygen atoms in total. The van der Waals surface area contributed by atoms with Crippen molar-refractivity contribution in [3.05, 3.63) is 22.1 Å². The van der Waals surface area contributed by atoms with E-state index >= 15 is 0 Å². The van der Waals surface area contributed by atoms with Crippen LogP contribution in [0.5, 0.6) is 0 Å². The lowest BCUT2D eigenvalue weighted by Crippen LogP contribution is -2.35. The lowest BCUT2D eigenvalue weighted by molar-refractivity contribution is -0.122. The Balaban J connectivity index is 2.11. The van der Waals surface area contributed by atoms with Gasteiger partial charge in [0.2, 0.25) is 5.91 Å². The molecule has 116 valence electrons. The quantitative estimate of drug-likeness (QED) is 0.818. The molecule has 0 spiro atoms. The number of aryl methyl sites for hydroxylation is 1. The fraction of sp³-hybridized carbons (Fsp3) is 0.667. The van der Waals surface area contributed by atoms with Crippen LogP contribution in [-0.2, 0) is 11.2 Å². The maximum atomic E-state index is 12.3. The van der Waals surface area contributed by atoms with Crippen molar-refractivity contribution in [2.45, 2.75) is 63.7 Å². The maximum Gasteiger partial charge on any atom is 0.254 e. The van der Waals surface area contributed by atoms with Crippen LogP contribution in [-0.4, -0.2) is 27.3 Å². The highest BCUT2D eigenvalue weighted by molar-refractivity contribution is 7.99. The smallest absolute Gasteiger partial charge is 0.254 e. The highest BCUT2D eigenvalue weighted by Crippen LogP contribution is 2.32. The second-order valence-electron chi connectivity index (χ2n) is 5.53. The number of nitrogens with one attached hydrogen (secondary N) is 1. The summed E-state index contributed by atoms with van der Waals surface area (Å²) in [6.45, 7) is 6.09. The van der Waals surface area contributed by atoms with Crippen LogP contribution in [0.1, 0.15) is 51.8 Å². The summed E-state index contributed by atoms with van der Waals surface area (Å²) in [5.74, 6) is 0.749. The van der Waals surface area contributed by atoms with E-state index in [-0.39, 0.29) is 23.6 Å². The average molecular weight is 309 g/mol. The molecule has 21 heavy (non-hydrogen) atoms. The first-order chi connectivity index (χ1) is 10.0. The number of thioether (sulfide) groups is 1. The molecule has 6 heteroatoms. The molecular weight excluding hydrogens is 286 g/mol. The number of fused-ring (bicyclic) bond motifs is 1. The number of aromatic nitrogens is 2. The zero-order valence-electron chi connectivity index (χ0n) is 12.9. The van der Waals surface area contributed by atoms with Gasteiger partial charge in [0.15, 0.2) is 5.16 Å². The van der Waals surface area contributed by atoms with Gasteiger partial charge in [-0.1, -0.05) is 32.0 Å². The third-order valence-electron chi connectivity index (χ3n) is 3.69. The Morgan fingerprint density at radius 3 is 3.00 bits per heavy atom. The summed E-state index contributed by atoms with van der Waals surface area (Å²) in [6, 6.07) is 1.70. The third-order valence-corrected chi connectivity index (χ3v) is 4.79. The van der Waals surface area contributed by atoms with Crippen LogP contribution in [0.4, 0.5) is 0 Å². The van der Waals surface area contributed by atoms with Crippen molar-refractivity contribution in [2.24, 2.45) is 0 Å². The van der Waals surface area contributed by atoms with Gasteiger partial charge < -0.3 is 5.32 Å². The van der Waals surface area contributed by atoms with Gasteiger partial charge in [-0.2, -0.15) is 0 Å². The van der Waals surface area contributed by atoms with E-state index in [0.29, 0.717) is 6.42 Å². The van der Waals surface area contributed by atoms with Gasteiger partial charge in [0.25, 0.3) is 5.56 Å². The van der Waals surface area contributed by atoms with Crippen molar-refractivity contribution < 1.29 is 4.79 Å². The van der Waals surface area contributed by atoms with Crippen LogP contribution in [0.25, 0.3) is 0 Å². The molecular formula is C15H23N3O2S. The Kier molecular flexibility index (Phi) is 5.45. The van der Waals surface area contributed by atoms with Crippen LogP contribution in [0.2, 0.25) is 0 Å². The lowest BCUT2D eigenvalue weighted by Gasteiger charge is -2.16. The summed E-state index contributed by atoms with van der Waals surface area (Å²) in [4.78, 5) is 28.8. The van der Waals surface area contributed by atoms with Gasteiger partial charge in [-0.3, -0.25) is 14.2 Å². The number of amides is 1. The highest BCUT2D eigenvalue weighted by atomic mass is 32.2. The molecule has 0 aromatic carbocycles. The van der Waals surface area contributed by atoms with Crippen molar-refractivity contribution in [3.63, 3.8) is 0 Å². The topological polar surface area (TPSA) is 64.0 Å². The SMILES string of the molecule is CCCc1cc(=O)n2c(n1)SCC2CC(=O)NC(C)CC. The molecule has 1 aliphatic rings. The number of nitrogens with zero attached hydrogens (tertiary/aromatic N) is 2. The Morgan fingerprint density at radius 2 is 2.33 bits per heavy atom. The minimum Gasteiger partial charge on any atom is -0.354 e. The first-order valence-electron chi connectivity index (χ1n) is 7.59. The van der Waals surface area contributed by atoms with E-state index in [1.807, 2.05) is 13.8 Å². The summed E-state index contributed by atoms with van der Waals surface area (Å²) in [6.07, 6.45) is 3.05. The molecule has 1 aromatic rings. The van der Waals surface area contributed by atoms with Crippen molar-refractivity contribution in [1.82, 2.24) is 14.9 Å². The molecule has 1 aromatic heterocycles. The first-order valence-corrected chi connectivity index (χ1v) is 8.58. The molecule has 2 heterocycles. The summed E-state index contributed by atoms with van der Waals surface area (Å²) >= 11 is 1.57. The van der Waals surface area contributed by atoms with Gasteiger partial charge in [0.1, 0.15) is 0 Å². The van der Waals surface area contributed by atoms with Gasteiger partial charge in [0, 0.05) is 30.0 Å². The van der Waals surface area contributed by atoms with Gasteiger partial charge in [-0.05, 0) is 19.8 Å². The zero-order valence-corrected chi connectivity index (χ0v) is 13.7. The van der Waals surface area contributed by atoms with E-state index in [4.69, 9.17) is 0 Å². The van der Waals surface area contributed by atoms with Crippen molar-refractivity contribution in [1.29, 1.82) is 0 Å². The predicted molar refractivity (Wildman–Crippen MR) is 84.8 cm³/mol. The number of hydrogen-bond donors (Lipinski definition) is 1. The van der Waals surface area contributed by atoms with E-state index in [2.05, 4.69) is 17.2 Å². The molecule has 2 atom stereocenters. The lowest BCUT2D eigenvalue weighted by atomic mass is 10.2. The van der Waals surface area contributed by atoms with Gasteiger partial charge >= 0.3 is 0 Å². The zero-order chi connectivity index (χ0) is 15.4. The molecule has 0 fully saturated rings. The van der Waals surface area contributed by atoms with E-state index in [9.17, 15) is 9.59 Å². The van der Waals surface area contributed by atoms with Gasteiger partial charge in [-0.15, -0.1) is 0 Å². The number of hydrogen-bond acceptors (Lipinski definition) is 4. The molecule has 0 bridgehead atoms. The molecule has 2 unspecified atom stereocenters. The maximum absolute atomic E-state index is 12.3. The Morgan fingerprint density at radius 1 is 1.57 bits per heavy atom. The van der Waals surface area contributed by atoms with Crippen LogP contribution in [0, 0.1) is 0 Å². The fourth-order valence-corrected chi connectivity index (χ4v) is 3.55. The van der Waals surface area contributed by atoms with E-state index in [1.165, 1.54) is 0 Å². The molecule has 1 aliphatic heterocycles. The van der Waals surface area contributed by atoms with Crippen LogP contribution in [0.15, 0.2) is 16.0 Å². The summed E-state index contributed by atoms with van der Waals surface area (Å²) < 4.78 is 1.68. The average Bonchev–Trinajstić information content (AvgIpc) is 2.82. The summed E-state index contributed by atoms with van der Waals surface area (Å²) in [5.41, 5.74) is 0.820. The summed E-state index contributed by atoms with van der Waals surface area (Å²) in [5, 5.41) is 3.71. The van der Waals surface area contributed by atoms with E-state index in [0.717, 1.165) is 35.9 Å². The monoisotopic (exact) mass is 309 g/mol. The molecule has 2 rings (SSSR count). The van der Waals surface area contributed by atoms with E-state index < -0.39 is 0 Å². The van der Waals surface area contributed by atoms with Crippen LogP contribution < -0.4 is 10.9 Å². The largest absolute Gasteiger partial charge is 0.354 e. The fourth-order valence-electron chi connectivity index (χ4n) is 2.38. The molecule has 0 aliphatic carbocycles. The van der Waals surface area contributed by atoms with Gasteiger partial charge in [0.05, 0.1) is 6.04 Å². The second kappa shape index (κ2) is 7.11. The predicted octanol–water partition coefficient (Wildman–Crippen LogP) is 2.15. The minimum absolute atomic E-state index is 0.00679. The third kappa shape index (κ3) is 3.87. The Labute approximate surface area is 129 Å². The molecule has 1 N–H and O–H groups in total. The van der Waals surface area contributed by atoms with E-state index in [1.54, 1.807) is 22.4 Å². The number of carbonyl (C=O) groups is 1. The first kappa shape index (κ1) is 16.1. The van der Waals surface area contributed by atoms with Crippen LogP contribution >= 0.6 is 11.8 Å². The molecule has 1 amide bonds. The molecule has 0 saturated heterocycles. The van der Waals surface area contributed by atoms with Crippen molar-refractivity contribution >= 4 is 17.7 Å². The van der Waals surface area contributed by atoms with Crippen molar-refractivity contribution in [3.8, 4) is 0 Å². The normalized spacial score (nSPS) is 18.3. The molecule has 0 radical (unpaired) electrons. The Bertz CT molecular complexity index is 571. The summed E-state index contributed by atoms with van der Waals surface area (Å²) in [7, 11) is 0. The standard InChI is InChI=1S/C15H23N3O2S/c1-4-6-11-7-14(20)18-12(9-21-15(18)17-11)8-13(19)16-10(3)5-2/h7,10,12H,4-6,8-9H2,1-3H3,(H,16,19). The minimum atomic E-state index is -0.0790. The second-order valence-corrected chi connectivity index (χ2v) is 6.52. The highest BCUT2D eigenvalue weighted by Gasteiger charge is 2.27. The van der Waals surface area contributed by atoms with Crippen LogP contribution in [0.3, 0.4) is 0 Å². The Hall–Kier alpha value is -1.30.